The first-order valence-electron chi connectivity index (χ1n) is 6.54. The van der Waals surface area contributed by atoms with Gasteiger partial charge in [-0.2, -0.15) is 0 Å². The van der Waals surface area contributed by atoms with Crippen LogP contribution in [0.3, 0.4) is 0 Å². The van der Waals surface area contributed by atoms with Crippen molar-refractivity contribution >= 4 is 39.3 Å². The Balaban J connectivity index is 1.82. The maximum atomic E-state index is 11.8. The molecule has 2 aromatic rings. The molecule has 0 aliphatic carbocycles. The topological polar surface area (TPSA) is 71.3 Å². The Hall–Kier alpha value is -1.79. The summed E-state index contributed by atoms with van der Waals surface area (Å²) in [7, 11) is 0. The Morgan fingerprint density at radius 3 is 2.50 bits per heavy atom. The molecule has 2 amide bonds. The van der Waals surface area contributed by atoms with Crippen LogP contribution in [0.1, 0.15) is 29.1 Å². The van der Waals surface area contributed by atoms with Crippen LogP contribution in [-0.4, -0.2) is 18.4 Å². The van der Waals surface area contributed by atoms with E-state index in [-0.39, 0.29) is 24.3 Å². The molecule has 0 bridgehead atoms. The number of carbonyl (C=O) groups excluding carboxylic acids is 2. The largest absolute Gasteiger partial charge is 0.444 e. The quantitative estimate of drug-likeness (QED) is 0.829. The minimum Gasteiger partial charge on any atom is -0.444 e. The van der Waals surface area contributed by atoms with Gasteiger partial charge in [-0.25, -0.2) is 0 Å². The molecule has 2 N–H and O–H groups in total. The van der Waals surface area contributed by atoms with E-state index in [1.54, 1.807) is 18.2 Å². The third kappa shape index (κ3) is 4.61. The number of carbonyl (C=O) groups is 2. The summed E-state index contributed by atoms with van der Waals surface area (Å²) < 4.78 is 5.56. The van der Waals surface area contributed by atoms with Gasteiger partial charge in [0.25, 0.3) is 5.91 Å². The van der Waals surface area contributed by atoms with Crippen molar-refractivity contribution in [2.45, 2.75) is 13.0 Å². The summed E-state index contributed by atoms with van der Waals surface area (Å²) >= 11 is 8.93. The van der Waals surface area contributed by atoms with Gasteiger partial charge in [0.05, 0.1) is 12.6 Å². The summed E-state index contributed by atoms with van der Waals surface area (Å²) in [6.07, 6.45) is 0. The van der Waals surface area contributed by atoms with Crippen molar-refractivity contribution in [1.29, 1.82) is 0 Å². The lowest BCUT2D eigenvalue weighted by molar-refractivity contribution is -0.120. The number of furan rings is 1. The third-order valence-electron chi connectivity index (χ3n) is 2.95. The molecule has 1 aromatic carbocycles. The van der Waals surface area contributed by atoms with Crippen LogP contribution in [0.5, 0.6) is 0 Å². The fraction of sp³-hybridized carbons (Fsp3) is 0.200. The highest BCUT2D eigenvalue weighted by Gasteiger charge is 2.13. The highest BCUT2D eigenvalue weighted by atomic mass is 79.9. The van der Waals surface area contributed by atoms with E-state index in [2.05, 4.69) is 26.6 Å². The third-order valence-corrected chi connectivity index (χ3v) is 3.63. The lowest BCUT2D eigenvalue weighted by atomic mass is 10.1. The van der Waals surface area contributed by atoms with Gasteiger partial charge in [-0.1, -0.05) is 23.7 Å². The first-order valence-corrected chi connectivity index (χ1v) is 7.71. The monoisotopic (exact) mass is 384 g/mol. The maximum absolute atomic E-state index is 11.8. The number of rotatable bonds is 5. The molecular formula is C15H14BrClN2O3. The fourth-order valence-electron chi connectivity index (χ4n) is 1.81. The minimum atomic E-state index is -0.444. The lowest BCUT2D eigenvalue weighted by Crippen LogP contribution is -2.37. The summed E-state index contributed by atoms with van der Waals surface area (Å²) in [5, 5.41) is 5.92. The van der Waals surface area contributed by atoms with Gasteiger partial charge in [-0.3, -0.25) is 9.59 Å². The molecule has 0 aliphatic rings. The molecule has 0 saturated carbocycles. The average Bonchev–Trinajstić information content (AvgIpc) is 2.92. The van der Waals surface area contributed by atoms with Crippen LogP contribution in [0, 0.1) is 0 Å². The summed E-state index contributed by atoms with van der Waals surface area (Å²) in [5.41, 5.74) is 0.930. The van der Waals surface area contributed by atoms with Gasteiger partial charge >= 0.3 is 0 Å². The molecule has 1 aromatic heterocycles. The van der Waals surface area contributed by atoms with Crippen LogP contribution in [0.2, 0.25) is 5.02 Å². The summed E-state index contributed by atoms with van der Waals surface area (Å²) in [6, 6.07) is 10.1. The van der Waals surface area contributed by atoms with Gasteiger partial charge < -0.3 is 15.1 Å². The molecule has 1 heterocycles. The van der Waals surface area contributed by atoms with E-state index in [1.165, 1.54) is 6.07 Å². The van der Waals surface area contributed by atoms with Crippen molar-refractivity contribution < 1.29 is 14.0 Å². The second-order valence-corrected chi connectivity index (χ2v) is 5.85. The van der Waals surface area contributed by atoms with Gasteiger partial charge in [0.15, 0.2) is 10.4 Å². The molecule has 7 heteroatoms. The molecule has 22 heavy (non-hydrogen) atoms. The van der Waals surface area contributed by atoms with Crippen LogP contribution >= 0.6 is 27.5 Å². The second-order valence-electron chi connectivity index (χ2n) is 4.63. The fourth-order valence-corrected chi connectivity index (χ4v) is 2.24. The van der Waals surface area contributed by atoms with E-state index in [1.807, 2.05) is 19.1 Å². The van der Waals surface area contributed by atoms with Crippen molar-refractivity contribution in [3.8, 4) is 0 Å². The maximum Gasteiger partial charge on any atom is 0.287 e. The zero-order chi connectivity index (χ0) is 16.1. The van der Waals surface area contributed by atoms with Gasteiger partial charge in [-0.15, -0.1) is 0 Å². The number of amides is 2. The first-order chi connectivity index (χ1) is 10.5. The number of hydrogen-bond acceptors (Lipinski definition) is 3. The van der Waals surface area contributed by atoms with E-state index in [0.29, 0.717) is 9.69 Å². The molecular weight excluding hydrogens is 372 g/mol. The van der Waals surface area contributed by atoms with Crippen molar-refractivity contribution in [3.05, 3.63) is 57.4 Å². The zero-order valence-electron chi connectivity index (χ0n) is 11.7. The Morgan fingerprint density at radius 1 is 1.23 bits per heavy atom. The van der Waals surface area contributed by atoms with Gasteiger partial charge in [0.2, 0.25) is 5.91 Å². The minimum absolute atomic E-state index is 0.130. The molecule has 0 saturated heterocycles. The van der Waals surface area contributed by atoms with E-state index in [0.717, 1.165) is 5.56 Å². The van der Waals surface area contributed by atoms with Crippen molar-refractivity contribution in [2.75, 3.05) is 6.54 Å². The van der Waals surface area contributed by atoms with Crippen LogP contribution in [0.4, 0.5) is 0 Å². The molecule has 0 aliphatic heterocycles. The molecule has 0 spiro atoms. The molecule has 0 radical (unpaired) electrons. The smallest absolute Gasteiger partial charge is 0.287 e. The van der Waals surface area contributed by atoms with Gasteiger partial charge in [0, 0.05) is 5.02 Å². The first kappa shape index (κ1) is 16.6. The summed E-state index contributed by atoms with van der Waals surface area (Å²) in [6.45, 7) is 1.72. The standard InChI is InChI=1S/C15H14BrClN2O3/c1-9(10-2-4-11(17)5-3-10)19-14(20)8-18-15(21)12-6-7-13(16)22-12/h2-7,9H,8H2,1H3,(H,18,21)(H,19,20)/t9-/m1/s1. The summed E-state index contributed by atoms with van der Waals surface area (Å²) in [4.78, 5) is 23.6. The van der Waals surface area contributed by atoms with E-state index >= 15 is 0 Å². The second kappa shape index (κ2) is 7.47. The molecule has 0 unspecified atom stereocenters. The normalized spacial score (nSPS) is 11.8. The Labute approximate surface area is 141 Å². The zero-order valence-corrected chi connectivity index (χ0v) is 14.1. The van der Waals surface area contributed by atoms with Crippen LogP contribution in [0.15, 0.2) is 45.5 Å². The van der Waals surface area contributed by atoms with Crippen LogP contribution < -0.4 is 10.6 Å². The number of hydrogen-bond donors (Lipinski definition) is 2. The molecule has 116 valence electrons. The van der Waals surface area contributed by atoms with Crippen LogP contribution in [-0.2, 0) is 4.79 Å². The number of nitrogens with one attached hydrogen (secondary N) is 2. The van der Waals surface area contributed by atoms with E-state index < -0.39 is 5.91 Å². The Bertz CT molecular complexity index is 670. The molecule has 0 fully saturated rings. The van der Waals surface area contributed by atoms with Crippen molar-refractivity contribution in [3.63, 3.8) is 0 Å². The molecule has 1 atom stereocenters. The summed E-state index contributed by atoms with van der Waals surface area (Å²) in [5.74, 6) is -0.591. The number of halogens is 2. The van der Waals surface area contributed by atoms with E-state index in [4.69, 9.17) is 16.0 Å². The average molecular weight is 386 g/mol. The Morgan fingerprint density at radius 2 is 1.91 bits per heavy atom. The molecule has 2 rings (SSSR count). The SMILES string of the molecule is C[C@@H](NC(=O)CNC(=O)c1ccc(Br)o1)c1ccc(Cl)cc1. The van der Waals surface area contributed by atoms with E-state index in [9.17, 15) is 9.59 Å². The van der Waals surface area contributed by atoms with Crippen molar-refractivity contribution in [1.82, 2.24) is 10.6 Å². The Kier molecular flexibility index (Phi) is 5.63. The highest BCUT2D eigenvalue weighted by molar-refractivity contribution is 9.10. The van der Waals surface area contributed by atoms with Crippen molar-refractivity contribution in [2.24, 2.45) is 0 Å². The van der Waals surface area contributed by atoms with Gasteiger partial charge in [-0.05, 0) is 52.7 Å². The number of benzene rings is 1. The predicted octanol–water partition coefficient (Wildman–Crippen LogP) is 3.30. The van der Waals surface area contributed by atoms with Crippen LogP contribution in [0.25, 0.3) is 0 Å². The highest BCUT2D eigenvalue weighted by Crippen LogP contribution is 2.16. The predicted molar refractivity (Wildman–Crippen MR) is 86.8 cm³/mol. The molecule has 5 nitrogen and oxygen atoms in total. The lowest BCUT2D eigenvalue weighted by Gasteiger charge is -2.14. The van der Waals surface area contributed by atoms with Gasteiger partial charge in [0.1, 0.15) is 0 Å².